The lowest BCUT2D eigenvalue weighted by Gasteiger charge is -2.16. The third kappa shape index (κ3) is 4.14. The van der Waals surface area contributed by atoms with Crippen LogP contribution in [0.15, 0.2) is 53.9 Å². The smallest absolute Gasteiger partial charge is 0.231 e. The van der Waals surface area contributed by atoms with E-state index in [0.29, 0.717) is 5.69 Å². The lowest BCUT2D eigenvalue weighted by atomic mass is 10.1. The van der Waals surface area contributed by atoms with Gasteiger partial charge in [-0.15, -0.1) is 11.3 Å². The van der Waals surface area contributed by atoms with Crippen LogP contribution < -0.4 is 14.4 Å². The molecule has 0 fully saturated rings. The largest absolute Gasteiger partial charge is 0.497 e. The molecule has 3 rings (SSSR count). The number of sulfonamides is 1. The molecule has 0 bridgehead atoms. The number of hydrogen-bond acceptors (Lipinski definition) is 6. The van der Waals surface area contributed by atoms with Crippen LogP contribution in [0.5, 0.6) is 5.75 Å². The predicted octanol–water partition coefficient (Wildman–Crippen LogP) is 3.96. The summed E-state index contributed by atoms with van der Waals surface area (Å²) >= 11 is 1.50. The van der Waals surface area contributed by atoms with Gasteiger partial charge in [-0.05, 0) is 36.4 Å². The first-order valence-corrected chi connectivity index (χ1v) is 10.5. The Labute approximate surface area is 157 Å². The Morgan fingerprint density at radius 3 is 2.31 bits per heavy atom. The van der Waals surface area contributed by atoms with E-state index in [1.165, 1.54) is 28.9 Å². The second-order valence-electron chi connectivity index (χ2n) is 5.67. The molecule has 0 atom stereocenters. The predicted molar refractivity (Wildman–Crippen MR) is 107 cm³/mol. The molecule has 1 heterocycles. The number of aromatic nitrogens is 1. The van der Waals surface area contributed by atoms with Gasteiger partial charge < -0.3 is 10.1 Å². The molecule has 0 spiro atoms. The monoisotopic (exact) mass is 389 g/mol. The van der Waals surface area contributed by atoms with E-state index in [-0.39, 0.29) is 0 Å². The highest BCUT2D eigenvalue weighted by Gasteiger charge is 2.12. The fraction of sp³-hybridized carbons (Fsp3) is 0.167. The summed E-state index contributed by atoms with van der Waals surface area (Å²) in [6, 6.07) is 14.9. The number of anilines is 3. The van der Waals surface area contributed by atoms with Crippen LogP contribution in [0.3, 0.4) is 0 Å². The zero-order valence-corrected chi connectivity index (χ0v) is 16.3. The quantitative estimate of drug-likeness (QED) is 0.691. The van der Waals surface area contributed by atoms with Crippen LogP contribution in [0.4, 0.5) is 16.5 Å². The fourth-order valence-corrected chi connectivity index (χ4v) is 3.54. The molecule has 8 heteroatoms. The van der Waals surface area contributed by atoms with Crippen LogP contribution in [-0.4, -0.2) is 33.8 Å². The molecule has 0 radical (unpaired) electrons. The van der Waals surface area contributed by atoms with Crippen molar-refractivity contribution in [1.29, 1.82) is 0 Å². The summed E-state index contributed by atoms with van der Waals surface area (Å²) in [6.07, 6.45) is 1.18. The van der Waals surface area contributed by atoms with Crippen LogP contribution in [0.25, 0.3) is 11.3 Å². The molecule has 26 heavy (non-hydrogen) atoms. The molecule has 2 aromatic carbocycles. The van der Waals surface area contributed by atoms with Gasteiger partial charge in [-0.3, -0.25) is 4.31 Å². The van der Waals surface area contributed by atoms with E-state index < -0.39 is 10.0 Å². The van der Waals surface area contributed by atoms with E-state index in [2.05, 4.69) is 10.3 Å². The van der Waals surface area contributed by atoms with Gasteiger partial charge in [0.25, 0.3) is 0 Å². The number of rotatable bonds is 6. The average molecular weight is 390 g/mol. The topological polar surface area (TPSA) is 71.5 Å². The van der Waals surface area contributed by atoms with Gasteiger partial charge in [0.15, 0.2) is 5.13 Å². The molecular formula is C18H19N3O3S2. The third-order valence-electron chi connectivity index (χ3n) is 3.87. The van der Waals surface area contributed by atoms with Gasteiger partial charge in [-0.25, -0.2) is 13.4 Å². The van der Waals surface area contributed by atoms with Gasteiger partial charge in [-0.1, -0.05) is 12.1 Å². The highest BCUT2D eigenvalue weighted by atomic mass is 32.2. The number of ether oxygens (including phenoxy) is 1. The number of nitrogens with one attached hydrogen (secondary N) is 1. The summed E-state index contributed by atoms with van der Waals surface area (Å²) in [7, 11) is -0.103. The van der Waals surface area contributed by atoms with E-state index in [1.54, 1.807) is 19.2 Å². The summed E-state index contributed by atoms with van der Waals surface area (Å²) in [4.78, 5) is 4.59. The summed E-state index contributed by atoms with van der Waals surface area (Å²) in [6.45, 7) is 0. The van der Waals surface area contributed by atoms with Crippen LogP contribution in [-0.2, 0) is 10.0 Å². The van der Waals surface area contributed by atoms with Crippen molar-refractivity contribution in [2.75, 3.05) is 30.0 Å². The van der Waals surface area contributed by atoms with Crippen LogP contribution in [0.1, 0.15) is 0 Å². The van der Waals surface area contributed by atoms with Crippen molar-refractivity contribution in [1.82, 2.24) is 4.98 Å². The van der Waals surface area contributed by atoms with Crippen molar-refractivity contribution < 1.29 is 13.2 Å². The molecule has 0 aliphatic rings. The highest BCUT2D eigenvalue weighted by molar-refractivity contribution is 7.92. The van der Waals surface area contributed by atoms with Crippen molar-refractivity contribution in [3.63, 3.8) is 0 Å². The van der Waals surface area contributed by atoms with Crippen molar-refractivity contribution >= 4 is 37.9 Å². The molecule has 0 saturated carbocycles. The van der Waals surface area contributed by atoms with Gasteiger partial charge >= 0.3 is 0 Å². The zero-order chi connectivity index (χ0) is 18.7. The lowest BCUT2D eigenvalue weighted by molar-refractivity contribution is 0.415. The van der Waals surface area contributed by atoms with Crippen molar-refractivity contribution in [3.8, 4) is 17.0 Å². The van der Waals surface area contributed by atoms with Gasteiger partial charge in [0.1, 0.15) is 5.75 Å². The molecule has 1 aromatic heterocycles. The molecule has 6 nitrogen and oxygen atoms in total. The Morgan fingerprint density at radius 2 is 1.73 bits per heavy atom. The lowest BCUT2D eigenvalue weighted by Crippen LogP contribution is -2.24. The number of benzene rings is 2. The Bertz CT molecular complexity index is 981. The normalized spacial score (nSPS) is 11.2. The Kier molecular flexibility index (Phi) is 5.15. The van der Waals surface area contributed by atoms with E-state index in [9.17, 15) is 8.42 Å². The number of methoxy groups -OCH3 is 1. The number of hydrogen-bond donors (Lipinski definition) is 1. The molecule has 1 N–H and O–H groups in total. The van der Waals surface area contributed by atoms with Crippen molar-refractivity contribution in [2.45, 2.75) is 0 Å². The van der Waals surface area contributed by atoms with Crippen molar-refractivity contribution in [3.05, 3.63) is 53.9 Å². The SMILES string of the molecule is COc1ccc(Nc2nc(-c3ccc(N(C)S(C)(=O)=O)cc3)cs2)cc1. The van der Waals surface area contributed by atoms with E-state index >= 15 is 0 Å². The van der Waals surface area contributed by atoms with Crippen LogP contribution in [0, 0.1) is 0 Å². The Morgan fingerprint density at radius 1 is 1.08 bits per heavy atom. The molecule has 0 saturated heterocycles. The first-order valence-electron chi connectivity index (χ1n) is 7.78. The first kappa shape index (κ1) is 18.2. The average Bonchev–Trinajstić information content (AvgIpc) is 3.09. The maximum atomic E-state index is 11.6. The summed E-state index contributed by atoms with van der Waals surface area (Å²) in [5.74, 6) is 0.800. The van der Waals surface area contributed by atoms with Crippen LogP contribution >= 0.6 is 11.3 Å². The standard InChI is InChI=1S/C18H19N3O3S2/c1-21(26(3,22)23)15-8-4-13(5-9-15)17-12-25-18(20-17)19-14-6-10-16(24-2)11-7-14/h4-12H,1-3H3,(H,19,20). The first-order chi connectivity index (χ1) is 12.4. The van der Waals surface area contributed by atoms with E-state index in [1.807, 2.05) is 41.8 Å². The van der Waals surface area contributed by atoms with Gasteiger partial charge in [0.05, 0.1) is 24.7 Å². The third-order valence-corrected chi connectivity index (χ3v) is 5.83. The molecule has 136 valence electrons. The zero-order valence-electron chi connectivity index (χ0n) is 14.6. The molecular weight excluding hydrogens is 370 g/mol. The maximum absolute atomic E-state index is 11.6. The van der Waals surface area contributed by atoms with Gasteiger partial charge in [-0.2, -0.15) is 0 Å². The summed E-state index contributed by atoms with van der Waals surface area (Å²) in [5.41, 5.74) is 3.30. The van der Waals surface area contributed by atoms with Gasteiger partial charge in [0, 0.05) is 23.7 Å². The summed E-state index contributed by atoms with van der Waals surface area (Å²) < 4.78 is 29.6. The second kappa shape index (κ2) is 7.35. The minimum Gasteiger partial charge on any atom is -0.497 e. The Balaban J connectivity index is 1.74. The number of nitrogens with zero attached hydrogens (tertiary/aromatic N) is 2. The van der Waals surface area contributed by atoms with Crippen molar-refractivity contribution in [2.24, 2.45) is 0 Å². The minimum absolute atomic E-state index is 0.614. The molecule has 0 aliphatic heterocycles. The van der Waals surface area contributed by atoms with E-state index in [4.69, 9.17) is 4.74 Å². The minimum atomic E-state index is -3.27. The molecule has 0 aliphatic carbocycles. The molecule has 3 aromatic rings. The fourth-order valence-electron chi connectivity index (χ4n) is 2.30. The molecule has 0 unspecified atom stereocenters. The Hall–Kier alpha value is -2.58. The molecule has 0 amide bonds. The summed E-state index contributed by atoms with van der Waals surface area (Å²) in [5, 5.41) is 6.00. The second-order valence-corrected chi connectivity index (χ2v) is 8.54. The highest BCUT2D eigenvalue weighted by Crippen LogP contribution is 2.29. The maximum Gasteiger partial charge on any atom is 0.231 e. The van der Waals surface area contributed by atoms with E-state index in [0.717, 1.165) is 27.8 Å². The number of thiazole rings is 1. The van der Waals surface area contributed by atoms with Crippen LogP contribution in [0.2, 0.25) is 0 Å². The van der Waals surface area contributed by atoms with Gasteiger partial charge in [0.2, 0.25) is 10.0 Å².